The van der Waals surface area contributed by atoms with Gasteiger partial charge in [-0.15, -0.1) is 0 Å². The zero-order valence-corrected chi connectivity index (χ0v) is 15.8. The third-order valence-corrected chi connectivity index (χ3v) is 4.88. The number of rotatable bonds is 4. The number of aryl methyl sites for hydroxylation is 2. The van der Waals surface area contributed by atoms with E-state index in [1.165, 1.54) is 5.56 Å². The van der Waals surface area contributed by atoms with Crippen molar-refractivity contribution in [3.8, 4) is 5.75 Å². The number of carbonyl (C=O) groups is 1. The maximum Gasteiger partial charge on any atom is 0.321 e. The molecule has 2 aromatic carbocycles. The Bertz CT molecular complexity index is 768. The second-order valence-electron chi connectivity index (χ2n) is 6.82. The van der Waals surface area contributed by atoms with E-state index >= 15 is 0 Å². The molecule has 2 aromatic rings. The monoisotopic (exact) mass is 353 g/mol. The van der Waals surface area contributed by atoms with Crippen molar-refractivity contribution in [3.05, 3.63) is 59.2 Å². The highest BCUT2D eigenvalue weighted by Gasteiger charge is 2.22. The number of methoxy groups -OCH3 is 1. The van der Waals surface area contributed by atoms with Crippen LogP contribution in [-0.2, 0) is 6.54 Å². The van der Waals surface area contributed by atoms with Gasteiger partial charge < -0.3 is 15.0 Å². The van der Waals surface area contributed by atoms with Crippen LogP contribution >= 0.6 is 0 Å². The van der Waals surface area contributed by atoms with Crippen molar-refractivity contribution in [1.82, 2.24) is 9.80 Å². The van der Waals surface area contributed by atoms with E-state index in [0.717, 1.165) is 55.3 Å². The average molecular weight is 353 g/mol. The molecule has 0 atom stereocenters. The SMILES string of the molecule is COc1ccccc1CN1CCN(C(=O)Nc2cc(C)ccc2C)CC1. The zero-order valence-electron chi connectivity index (χ0n) is 15.8. The zero-order chi connectivity index (χ0) is 18.5. The Hall–Kier alpha value is -2.53. The molecule has 0 aliphatic carbocycles. The van der Waals surface area contributed by atoms with Crippen LogP contribution < -0.4 is 10.1 Å². The van der Waals surface area contributed by atoms with Crippen LogP contribution in [0.1, 0.15) is 16.7 Å². The molecule has 1 fully saturated rings. The molecule has 0 bridgehead atoms. The van der Waals surface area contributed by atoms with Crippen LogP contribution in [0.2, 0.25) is 0 Å². The largest absolute Gasteiger partial charge is 0.496 e. The van der Waals surface area contributed by atoms with Crippen molar-refractivity contribution in [2.45, 2.75) is 20.4 Å². The lowest BCUT2D eigenvalue weighted by molar-refractivity contribution is 0.142. The first-order valence-electron chi connectivity index (χ1n) is 9.04. The van der Waals surface area contributed by atoms with Gasteiger partial charge in [0.25, 0.3) is 0 Å². The molecule has 0 aromatic heterocycles. The first-order valence-corrected chi connectivity index (χ1v) is 9.04. The highest BCUT2D eigenvalue weighted by atomic mass is 16.5. The second kappa shape index (κ2) is 8.23. The maximum atomic E-state index is 12.6. The van der Waals surface area contributed by atoms with Gasteiger partial charge in [0.15, 0.2) is 0 Å². The highest BCUT2D eigenvalue weighted by molar-refractivity contribution is 5.90. The van der Waals surface area contributed by atoms with Gasteiger partial charge >= 0.3 is 6.03 Å². The summed E-state index contributed by atoms with van der Waals surface area (Å²) in [5.74, 6) is 0.919. The molecule has 138 valence electrons. The fourth-order valence-electron chi connectivity index (χ4n) is 3.25. The van der Waals surface area contributed by atoms with Crippen LogP contribution in [0.25, 0.3) is 0 Å². The first-order chi connectivity index (χ1) is 12.6. The molecule has 5 nitrogen and oxygen atoms in total. The Morgan fingerprint density at radius 1 is 1.08 bits per heavy atom. The molecular weight excluding hydrogens is 326 g/mol. The van der Waals surface area contributed by atoms with Gasteiger partial charge in [-0.1, -0.05) is 30.3 Å². The van der Waals surface area contributed by atoms with E-state index in [9.17, 15) is 4.79 Å². The Balaban J connectivity index is 1.54. The van der Waals surface area contributed by atoms with Crippen molar-refractivity contribution in [3.63, 3.8) is 0 Å². The molecule has 0 saturated carbocycles. The van der Waals surface area contributed by atoms with E-state index < -0.39 is 0 Å². The molecule has 26 heavy (non-hydrogen) atoms. The quantitative estimate of drug-likeness (QED) is 0.912. The normalized spacial score (nSPS) is 15.0. The van der Waals surface area contributed by atoms with Crippen LogP contribution in [0.4, 0.5) is 10.5 Å². The number of ether oxygens (including phenoxy) is 1. The number of nitrogens with zero attached hydrogens (tertiary/aromatic N) is 2. The third kappa shape index (κ3) is 4.35. The van der Waals surface area contributed by atoms with Gasteiger partial charge in [0, 0.05) is 44.0 Å². The Labute approximate surface area is 155 Å². The van der Waals surface area contributed by atoms with Crippen molar-refractivity contribution < 1.29 is 9.53 Å². The topological polar surface area (TPSA) is 44.8 Å². The molecular formula is C21H27N3O2. The number of carbonyl (C=O) groups excluding carboxylic acids is 1. The van der Waals surface area contributed by atoms with Crippen LogP contribution in [0, 0.1) is 13.8 Å². The molecule has 3 rings (SSSR count). The molecule has 2 amide bonds. The van der Waals surface area contributed by atoms with Crippen molar-refractivity contribution in [2.75, 3.05) is 38.6 Å². The smallest absolute Gasteiger partial charge is 0.321 e. The maximum absolute atomic E-state index is 12.6. The Morgan fingerprint density at radius 2 is 1.81 bits per heavy atom. The lowest BCUT2D eigenvalue weighted by atomic mass is 10.1. The standard InChI is InChI=1S/C21H27N3O2/c1-16-8-9-17(2)19(14-16)22-21(25)24-12-10-23(11-13-24)15-18-6-4-5-7-20(18)26-3/h4-9,14H,10-13,15H2,1-3H3,(H,22,25). The van der Waals surface area contributed by atoms with E-state index in [1.807, 2.05) is 49.1 Å². The number of hydrogen-bond acceptors (Lipinski definition) is 3. The number of urea groups is 1. The number of nitrogens with one attached hydrogen (secondary N) is 1. The Morgan fingerprint density at radius 3 is 2.54 bits per heavy atom. The fraction of sp³-hybridized carbons (Fsp3) is 0.381. The second-order valence-corrected chi connectivity index (χ2v) is 6.82. The molecule has 0 unspecified atom stereocenters. The molecule has 5 heteroatoms. The fourth-order valence-corrected chi connectivity index (χ4v) is 3.25. The van der Waals surface area contributed by atoms with Gasteiger partial charge in [0.05, 0.1) is 7.11 Å². The summed E-state index contributed by atoms with van der Waals surface area (Å²) >= 11 is 0. The summed E-state index contributed by atoms with van der Waals surface area (Å²) in [7, 11) is 1.70. The highest BCUT2D eigenvalue weighted by Crippen LogP contribution is 2.21. The van der Waals surface area contributed by atoms with Gasteiger partial charge in [0.2, 0.25) is 0 Å². The number of hydrogen-bond donors (Lipinski definition) is 1. The minimum atomic E-state index is -0.0179. The average Bonchev–Trinajstić information content (AvgIpc) is 2.65. The predicted octanol–water partition coefficient (Wildman–Crippen LogP) is 3.66. The third-order valence-electron chi connectivity index (χ3n) is 4.88. The molecule has 1 heterocycles. The van der Waals surface area contributed by atoms with Crippen LogP contribution in [-0.4, -0.2) is 49.1 Å². The lowest BCUT2D eigenvalue weighted by Crippen LogP contribution is -2.49. The van der Waals surface area contributed by atoms with Gasteiger partial charge in [0.1, 0.15) is 5.75 Å². The van der Waals surface area contributed by atoms with Crippen LogP contribution in [0.5, 0.6) is 5.75 Å². The number of para-hydroxylation sites is 1. The molecule has 1 N–H and O–H groups in total. The summed E-state index contributed by atoms with van der Waals surface area (Å²) in [6.45, 7) is 8.07. The molecule has 1 aliphatic rings. The minimum absolute atomic E-state index is 0.0179. The van der Waals surface area contributed by atoms with Crippen molar-refractivity contribution in [2.24, 2.45) is 0 Å². The van der Waals surface area contributed by atoms with Crippen LogP contribution in [0.3, 0.4) is 0 Å². The Kier molecular flexibility index (Phi) is 5.78. The summed E-state index contributed by atoms with van der Waals surface area (Å²) in [5.41, 5.74) is 4.31. The molecule has 1 aliphatic heterocycles. The van der Waals surface area contributed by atoms with Gasteiger partial charge in [-0.3, -0.25) is 4.90 Å². The summed E-state index contributed by atoms with van der Waals surface area (Å²) < 4.78 is 5.43. The van der Waals surface area contributed by atoms with Crippen LogP contribution in [0.15, 0.2) is 42.5 Å². The van der Waals surface area contributed by atoms with Crippen molar-refractivity contribution >= 4 is 11.7 Å². The van der Waals surface area contributed by atoms with Gasteiger partial charge in [-0.05, 0) is 37.1 Å². The van der Waals surface area contributed by atoms with Crippen molar-refractivity contribution in [1.29, 1.82) is 0 Å². The van der Waals surface area contributed by atoms with E-state index in [-0.39, 0.29) is 6.03 Å². The van der Waals surface area contributed by atoms with E-state index in [0.29, 0.717) is 0 Å². The number of amides is 2. The molecule has 1 saturated heterocycles. The van der Waals surface area contributed by atoms with E-state index in [1.54, 1.807) is 7.11 Å². The predicted molar refractivity (Wildman–Crippen MR) is 105 cm³/mol. The summed E-state index contributed by atoms with van der Waals surface area (Å²) in [4.78, 5) is 16.8. The lowest BCUT2D eigenvalue weighted by Gasteiger charge is -2.35. The summed E-state index contributed by atoms with van der Waals surface area (Å²) in [5, 5.41) is 3.05. The van der Waals surface area contributed by atoms with Gasteiger partial charge in [-0.25, -0.2) is 4.79 Å². The number of anilines is 1. The summed E-state index contributed by atoms with van der Waals surface area (Å²) in [6.07, 6.45) is 0. The summed E-state index contributed by atoms with van der Waals surface area (Å²) in [6, 6.07) is 14.2. The van der Waals surface area contributed by atoms with E-state index in [2.05, 4.69) is 22.3 Å². The minimum Gasteiger partial charge on any atom is -0.496 e. The number of piperazine rings is 1. The van der Waals surface area contributed by atoms with E-state index in [4.69, 9.17) is 4.74 Å². The first kappa shape index (κ1) is 18.3. The molecule has 0 radical (unpaired) electrons. The molecule has 0 spiro atoms. The van der Waals surface area contributed by atoms with Gasteiger partial charge in [-0.2, -0.15) is 0 Å². The number of benzene rings is 2.